The van der Waals surface area contributed by atoms with Gasteiger partial charge in [-0.2, -0.15) is 0 Å². The Morgan fingerprint density at radius 3 is 2.85 bits per heavy atom. The van der Waals surface area contributed by atoms with Crippen molar-refractivity contribution in [1.29, 1.82) is 0 Å². The number of rotatable bonds is 2. The number of likely N-dealkylation sites (tertiary alicyclic amines) is 1. The van der Waals surface area contributed by atoms with Gasteiger partial charge >= 0.3 is 0 Å². The van der Waals surface area contributed by atoms with E-state index in [0.717, 1.165) is 0 Å². The summed E-state index contributed by atoms with van der Waals surface area (Å²) in [6.07, 6.45) is 0.691. The molecular weight excluding hydrogens is 281 g/mol. The molecule has 1 aliphatic heterocycles. The van der Waals surface area contributed by atoms with Crippen LogP contribution in [0.15, 0.2) is 18.2 Å². The number of piperidine rings is 1. The Bertz CT molecular complexity index is 498. The molecule has 1 aliphatic rings. The van der Waals surface area contributed by atoms with Gasteiger partial charge in [-0.05, 0) is 37.1 Å². The van der Waals surface area contributed by atoms with E-state index >= 15 is 0 Å². The lowest BCUT2D eigenvalue weighted by molar-refractivity contribution is -0.137. The Balaban J connectivity index is 2.02. The fraction of sp³-hybridized carbons (Fsp3) is 0.533. The minimum absolute atomic E-state index is 0.0243. The average molecular weight is 300 g/mol. The summed E-state index contributed by atoms with van der Waals surface area (Å²) in [4.78, 5) is 13.9. The van der Waals surface area contributed by atoms with Crippen LogP contribution in [0.3, 0.4) is 0 Å². The zero-order chi connectivity index (χ0) is 14.9. The number of carbonyl (C=O) groups excluding carboxylic acids is 1. The van der Waals surface area contributed by atoms with E-state index in [9.17, 15) is 14.3 Å². The van der Waals surface area contributed by atoms with E-state index in [2.05, 4.69) is 0 Å². The van der Waals surface area contributed by atoms with Crippen molar-refractivity contribution in [3.05, 3.63) is 34.6 Å². The van der Waals surface area contributed by atoms with Gasteiger partial charge in [-0.3, -0.25) is 4.79 Å². The summed E-state index contributed by atoms with van der Waals surface area (Å²) in [5.74, 6) is -0.472. The van der Waals surface area contributed by atoms with Gasteiger partial charge in [-0.15, -0.1) is 0 Å². The van der Waals surface area contributed by atoms with Crippen LogP contribution >= 0.6 is 11.6 Å². The SMILES string of the molecule is C[C@@H]1CN(C(=O)Cc2cc(F)cc(Cl)c2)CC[C@]1(C)O. The summed E-state index contributed by atoms with van der Waals surface area (Å²) >= 11 is 5.78. The Labute approximate surface area is 123 Å². The number of hydrogen-bond acceptors (Lipinski definition) is 2. The lowest BCUT2D eigenvalue weighted by Gasteiger charge is -2.41. The summed E-state index contributed by atoms with van der Waals surface area (Å²) < 4.78 is 13.2. The Kier molecular flexibility index (Phi) is 4.35. The predicted octanol–water partition coefficient (Wildman–Crippen LogP) is 2.64. The normalized spacial score (nSPS) is 26.6. The van der Waals surface area contributed by atoms with E-state index < -0.39 is 11.4 Å². The van der Waals surface area contributed by atoms with Gasteiger partial charge in [-0.1, -0.05) is 18.5 Å². The number of nitrogens with zero attached hydrogens (tertiary/aromatic N) is 1. The third-order valence-corrected chi connectivity index (χ3v) is 4.29. The molecule has 0 bridgehead atoms. The zero-order valence-corrected chi connectivity index (χ0v) is 12.5. The van der Waals surface area contributed by atoms with Crippen LogP contribution in [0.25, 0.3) is 0 Å². The first kappa shape index (κ1) is 15.3. The third kappa shape index (κ3) is 3.49. The molecule has 1 aromatic rings. The molecule has 1 amide bonds. The molecule has 0 aliphatic carbocycles. The Hall–Kier alpha value is -1.13. The van der Waals surface area contributed by atoms with E-state index in [1.165, 1.54) is 12.1 Å². The molecule has 0 radical (unpaired) electrons. The minimum Gasteiger partial charge on any atom is -0.390 e. The molecule has 110 valence electrons. The van der Waals surface area contributed by atoms with Crippen molar-refractivity contribution in [2.75, 3.05) is 13.1 Å². The van der Waals surface area contributed by atoms with Crippen LogP contribution < -0.4 is 0 Å². The highest BCUT2D eigenvalue weighted by Crippen LogP contribution is 2.27. The molecular formula is C15H19ClFNO2. The van der Waals surface area contributed by atoms with E-state index in [0.29, 0.717) is 30.1 Å². The largest absolute Gasteiger partial charge is 0.390 e. The highest BCUT2D eigenvalue weighted by molar-refractivity contribution is 6.30. The zero-order valence-electron chi connectivity index (χ0n) is 11.7. The molecule has 2 rings (SSSR count). The van der Waals surface area contributed by atoms with Gasteiger partial charge < -0.3 is 10.0 Å². The topological polar surface area (TPSA) is 40.5 Å². The molecule has 20 heavy (non-hydrogen) atoms. The van der Waals surface area contributed by atoms with Gasteiger partial charge in [0.2, 0.25) is 5.91 Å². The standard InChI is InChI=1S/C15H19ClFNO2/c1-10-9-18(4-3-15(10,2)20)14(19)7-11-5-12(16)8-13(17)6-11/h5-6,8,10,20H,3-4,7,9H2,1-2H3/t10-,15+/m1/s1. The lowest BCUT2D eigenvalue weighted by atomic mass is 9.84. The fourth-order valence-corrected chi connectivity index (χ4v) is 2.70. The molecule has 2 atom stereocenters. The minimum atomic E-state index is -0.723. The maximum absolute atomic E-state index is 13.2. The molecule has 1 saturated heterocycles. The summed E-state index contributed by atoms with van der Waals surface area (Å²) in [7, 11) is 0. The van der Waals surface area contributed by atoms with Gasteiger partial charge in [-0.25, -0.2) is 4.39 Å². The Morgan fingerprint density at radius 2 is 2.25 bits per heavy atom. The molecule has 3 nitrogen and oxygen atoms in total. The average Bonchev–Trinajstić information content (AvgIpc) is 2.31. The number of carbonyl (C=O) groups is 1. The van der Waals surface area contributed by atoms with Gasteiger partial charge in [0.15, 0.2) is 0 Å². The highest BCUT2D eigenvalue weighted by atomic mass is 35.5. The van der Waals surface area contributed by atoms with E-state index in [1.54, 1.807) is 17.9 Å². The van der Waals surface area contributed by atoms with Gasteiger partial charge in [0.05, 0.1) is 12.0 Å². The number of benzene rings is 1. The summed E-state index contributed by atoms with van der Waals surface area (Å²) in [6.45, 7) is 4.78. The van der Waals surface area contributed by atoms with Crippen LogP contribution in [0.5, 0.6) is 0 Å². The van der Waals surface area contributed by atoms with E-state index in [-0.39, 0.29) is 18.2 Å². The van der Waals surface area contributed by atoms with Crippen molar-refractivity contribution in [2.24, 2.45) is 5.92 Å². The molecule has 0 saturated carbocycles. The van der Waals surface area contributed by atoms with Crippen molar-refractivity contribution in [3.8, 4) is 0 Å². The van der Waals surface area contributed by atoms with Crippen molar-refractivity contribution in [2.45, 2.75) is 32.3 Å². The number of hydrogen-bond donors (Lipinski definition) is 1. The maximum Gasteiger partial charge on any atom is 0.227 e. The number of amides is 1. The number of aliphatic hydroxyl groups is 1. The van der Waals surface area contributed by atoms with Gasteiger partial charge in [0.1, 0.15) is 5.82 Å². The van der Waals surface area contributed by atoms with Crippen LogP contribution in [-0.4, -0.2) is 34.6 Å². The van der Waals surface area contributed by atoms with Crippen molar-refractivity contribution in [3.63, 3.8) is 0 Å². The van der Waals surface area contributed by atoms with Crippen molar-refractivity contribution < 1.29 is 14.3 Å². The molecule has 1 heterocycles. The van der Waals surface area contributed by atoms with Gasteiger partial charge in [0, 0.05) is 24.0 Å². The first-order chi connectivity index (χ1) is 9.28. The highest BCUT2D eigenvalue weighted by Gasteiger charge is 2.35. The van der Waals surface area contributed by atoms with Gasteiger partial charge in [0.25, 0.3) is 0 Å². The predicted molar refractivity (Wildman–Crippen MR) is 76.1 cm³/mol. The molecule has 5 heteroatoms. The molecule has 1 aromatic carbocycles. The second-order valence-corrected chi connectivity index (χ2v) is 6.24. The van der Waals surface area contributed by atoms with Crippen molar-refractivity contribution in [1.82, 2.24) is 4.90 Å². The summed E-state index contributed by atoms with van der Waals surface area (Å²) in [6, 6.07) is 4.15. The van der Waals surface area contributed by atoms with Crippen LogP contribution in [0.2, 0.25) is 5.02 Å². The van der Waals surface area contributed by atoms with Crippen LogP contribution in [0.1, 0.15) is 25.8 Å². The lowest BCUT2D eigenvalue weighted by Crippen LogP contribution is -2.51. The monoisotopic (exact) mass is 299 g/mol. The molecule has 1 N–H and O–H groups in total. The molecule has 0 spiro atoms. The first-order valence-electron chi connectivity index (χ1n) is 6.73. The molecule has 0 unspecified atom stereocenters. The van der Waals surface area contributed by atoms with Crippen molar-refractivity contribution >= 4 is 17.5 Å². The van der Waals surface area contributed by atoms with E-state index in [1.807, 2.05) is 6.92 Å². The smallest absolute Gasteiger partial charge is 0.227 e. The third-order valence-electron chi connectivity index (χ3n) is 4.07. The quantitative estimate of drug-likeness (QED) is 0.912. The van der Waals surface area contributed by atoms with Crippen LogP contribution in [0, 0.1) is 11.7 Å². The summed E-state index contributed by atoms with van der Waals surface area (Å²) in [5, 5.41) is 10.4. The second kappa shape index (κ2) is 5.70. The fourth-order valence-electron chi connectivity index (χ4n) is 2.45. The number of halogens is 2. The summed E-state index contributed by atoms with van der Waals surface area (Å²) in [5.41, 5.74) is -0.149. The van der Waals surface area contributed by atoms with Crippen LogP contribution in [-0.2, 0) is 11.2 Å². The Morgan fingerprint density at radius 1 is 1.55 bits per heavy atom. The second-order valence-electron chi connectivity index (χ2n) is 5.80. The molecule has 1 fully saturated rings. The van der Waals surface area contributed by atoms with E-state index in [4.69, 9.17) is 11.6 Å². The molecule has 0 aromatic heterocycles. The maximum atomic E-state index is 13.2. The van der Waals surface area contributed by atoms with Crippen LogP contribution in [0.4, 0.5) is 4.39 Å². The first-order valence-corrected chi connectivity index (χ1v) is 7.11.